The van der Waals surface area contributed by atoms with Crippen LogP contribution in [0.5, 0.6) is 0 Å². The first kappa shape index (κ1) is 34.1. The highest BCUT2D eigenvalue weighted by Crippen LogP contribution is 2.62. The van der Waals surface area contributed by atoms with Gasteiger partial charge in [-0.05, 0) is 135 Å². The van der Waals surface area contributed by atoms with E-state index in [-0.39, 0.29) is 10.8 Å². The lowest BCUT2D eigenvalue weighted by atomic mass is 9.77. The summed E-state index contributed by atoms with van der Waals surface area (Å²) in [7, 11) is 0. The van der Waals surface area contributed by atoms with Gasteiger partial charge in [-0.2, -0.15) is 0 Å². The second kappa shape index (κ2) is 15.8. The molecule has 1 atom stereocenters. The van der Waals surface area contributed by atoms with Gasteiger partial charge in [-0.3, -0.25) is 0 Å². The Morgan fingerprint density at radius 3 is 2.08 bits per heavy atom. The number of hydrogen-bond acceptors (Lipinski definition) is 0. The first-order chi connectivity index (χ1) is 19.0. The second-order valence-electron chi connectivity index (χ2n) is 13.3. The summed E-state index contributed by atoms with van der Waals surface area (Å²) in [5.41, 5.74) is 13.8. The van der Waals surface area contributed by atoms with Crippen molar-refractivity contribution in [2.24, 2.45) is 5.41 Å². The summed E-state index contributed by atoms with van der Waals surface area (Å²) in [6, 6.07) is 5.04. The molecule has 40 heavy (non-hydrogen) atoms. The molecule has 0 heteroatoms. The van der Waals surface area contributed by atoms with Crippen molar-refractivity contribution in [3.63, 3.8) is 0 Å². The zero-order chi connectivity index (χ0) is 29.9. The van der Waals surface area contributed by atoms with Crippen LogP contribution in [0.2, 0.25) is 0 Å². The monoisotopic (exact) mass is 542 g/mol. The van der Waals surface area contributed by atoms with Gasteiger partial charge in [0, 0.05) is 5.41 Å². The molecule has 0 spiro atoms. The lowest BCUT2D eigenvalue weighted by Crippen LogP contribution is -2.19. The van der Waals surface area contributed by atoms with Gasteiger partial charge in [0.05, 0.1) is 0 Å². The van der Waals surface area contributed by atoms with Gasteiger partial charge in [0.2, 0.25) is 0 Å². The fourth-order valence-electron chi connectivity index (χ4n) is 6.19. The molecule has 0 nitrogen and oxygen atoms in total. The normalized spacial score (nSPS) is 19.1. The molecule has 0 heterocycles. The Morgan fingerprint density at radius 1 is 0.900 bits per heavy atom. The zero-order valence-electron chi connectivity index (χ0n) is 27.8. The Kier molecular flexibility index (Phi) is 13.5. The first-order valence-corrected chi connectivity index (χ1v) is 16.5. The lowest BCUT2D eigenvalue weighted by molar-refractivity contribution is 0.502. The molecule has 0 N–H and O–H groups in total. The third kappa shape index (κ3) is 8.96. The molecule has 1 aliphatic rings. The number of aryl methyl sites for hydroxylation is 1. The molecular weight excluding hydrogens is 480 g/mol. The topological polar surface area (TPSA) is 0 Å². The molecule has 0 bridgehead atoms. The smallest absolute Gasteiger partial charge is 0.0177 e. The van der Waals surface area contributed by atoms with Crippen molar-refractivity contribution in [2.75, 3.05) is 0 Å². The minimum absolute atomic E-state index is 0.179. The van der Waals surface area contributed by atoms with E-state index in [1.165, 1.54) is 83.9 Å². The highest BCUT2D eigenvalue weighted by molar-refractivity contribution is 5.66. The van der Waals surface area contributed by atoms with Crippen LogP contribution in [0, 0.1) is 12.3 Å². The zero-order valence-corrected chi connectivity index (χ0v) is 27.8. The molecule has 0 saturated heterocycles. The Balaban J connectivity index is 2.30. The number of unbranched alkanes of at least 4 members (excludes halogenated alkanes) is 4. The van der Waals surface area contributed by atoms with Crippen LogP contribution in [0.15, 0.2) is 71.9 Å². The van der Waals surface area contributed by atoms with E-state index in [0.717, 1.165) is 44.9 Å². The maximum Gasteiger partial charge on any atom is 0.0177 e. The molecule has 0 aliphatic heterocycles. The molecule has 0 aromatic heterocycles. The largest absolute Gasteiger partial charge is 0.0999 e. The quantitative estimate of drug-likeness (QED) is 0.120. The Hall–Kier alpha value is -2.08. The predicted molar refractivity (Wildman–Crippen MR) is 181 cm³/mol. The summed E-state index contributed by atoms with van der Waals surface area (Å²) in [5.74, 6) is 0. The van der Waals surface area contributed by atoms with Gasteiger partial charge in [-0.25, -0.2) is 0 Å². The number of hydrogen-bond donors (Lipinski definition) is 0. The fourth-order valence-corrected chi connectivity index (χ4v) is 6.19. The summed E-state index contributed by atoms with van der Waals surface area (Å²) in [6.45, 7) is 31.4. The third-order valence-corrected chi connectivity index (χ3v) is 10.0. The van der Waals surface area contributed by atoms with E-state index in [9.17, 15) is 0 Å². The van der Waals surface area contributed by atoms with Crippen LogP contribution in [0.3, 0.4) is 0 Å². The standard InChI is InChI=1S/C40H62/c1-12-30(6)23-19-17-18-20-26-36-38(40(36,11)16-5)34(14-3)29-35-27-33(25-22-21-24-31(7)13-2)28-37(32(35)8)39(9,10)15-4/h14,26-28H,3,6-7,12-13,15-25,29H2,1-2,4-5,8-11H3/b36-26+,38-34+. The molecule has 1 aromatic carbocycles. The van der Waals surface area contributed by atoms with E-state index in [1.54, 1.807) is 11.1 Å². The van der Waals surface area contributed by atoms with Gasteiger partial charge in [-0.15, -0.1) is 0 Å². The predicted octanol–water partition coefficient (Wildman–Crippen LogP) is 12.7. The SMILES string of the molecule is C=C/C(Cc1cc(CCCCC(=C)CC)cc(C(C)(C)CC)c1C)=C1/C(=C\CCCCCC(=C)CC)C1(C)CC. The minimum Gasteiger partial charge on any atom is -0.0999 e. The Morgan fingerprint density at radius 2 is 1.52 bits per heavy atom. The average Bonchev–Trinajstić information content (AvgIpc) is 3.55. The van der Waals surface area contributed by atoms with Crippen molar-refractivity contribution in [2.45, 2.75) is 151 Å². The molecule has 0 radical (unpaired) electrons. The summed E-state index contributed by atoms with van der Waals surface area (Å²) in [5, 5.41) is 0. The van der Waals surface area contributed by atoms with Crippen molar-refractivity contribution in [3.05, 3.63) is 94.1 Å². The van der Waals surface area contributed by atoms with Crippen molar-refractivity contribution >= 4 is 0 Å². The highest BCUT2D eigenvalue weighted by atomic mass is 14.5. The molecule has 0 amide bonds. The molecule has 1 aliphatic carbocycles. The van der Waals surface area contributed by atoms with Crippen molar-refractivity contribution in [3.8, 4) is 0 Å². The number of benzene rings is 1. The summed E-state index contributed by atoms with van der Waals surface area (Å²) < 4.78 is 0. The van der Waals surface area contributed by atoms with E-state index >= 15 is 0 Å². The van der Waals surface area contributed by atoms with Gasteiger partial charge >= 0.3 is 0 Å². The van der Waals surface area contributed by atoms with E-state index < -0.39 is 0 Å². The third-order valence-electron chi connectivity index (χ3n) is 10.0. The van der Waals surface area contributed by atoms with Crippen LogP contribution >= 0.6 is 0 Å². The van der Waals surface area contributed by atoms with Crippen LogP contribution in [0.25, 0.3) is 0 Å². The minimum atomic E-state index is 0.179. The van der Waals surface area contributed by atoms with E-state index in [1.807, 2.05) is 0 Å². The van der Waals surface area contributed by atoms with Crippen LogP contribution in [-0.2, 0) is 18.3 Å². The van der Waals surface area contributed by atoms with Crippen molar-refractivity contribution in [1.82, 2.24) is 0 Å². The van der Waals surface area contributed by atoms with Crippen LogP contribution in [0.1, 0.15) is 148 Å². The molecule has 1 aromatic rings. The van der Waals surface area contributed by atoms with Gasteiger partial charge in [0.25, 0.3) is 0 Å². The summed E-state index contributed by atoms with van der Waals surface area (Å²) in [6.07, 6.45) is 21.2. The Labute approximate surface area is 249 Å². The van der Waals surface area contributed by atoms with Gasteiger partial charge in [-0.1, -0.05) is 110 Å². The lowest BCUT2D eigenvalue weighted by Gasteiger charge is -2.28. The molecule has 1 unspecified atom stereocenters. The maximum absolute atomic E-state index is 4.32. The fraction of sp³-hybridized carbons (Fsp3) is 0.600. The van der Waals surface area contributed by atoms with E-state index in [0.29, 0.717) is 0 Å². The van der Waals surface area contributed by atoms with Crippen molar-refractivity contribution < 1.29 is 0 Å². The van der Waals surface area contributed by atoms with Gasteiger partial charge in [0.1, 0.15) is 0 Å². The van der Waals surface area contributed by atoms with E-state index in [4.69, 9.17) is 0 Å². The molecule has 2 rings (SSSR count). The molecule has 1 saturated carbocycles. The van der Waals surface area contributed by atoms with Crippen LogP contribution < -0.4 is 0 Å². The average molecular weight is 543 g/mol. The van der Waals surface area contributed by atoms with E-state index in [2.05, 4.69) is 99.4 Å². The summed E-state index contributed by atoms with van der Waals surface area (Å²) in [4.78, 5) is 0. The van der Waals surface area contributed by atoms with Crippen molar-refractivity contribution in [1.29, 1.82) is 0 Å². The van der Waals surface area contributed by atoms with Gasteiger partial charge < -0.3 is 0 Å². The van der Waals surface area contributed by atoms with Crippen LogP contribution in [-0.4, -0.2) is 0 Å². The maximum atomic E-state index is 4.32. The highest BCUT2D eigenvalue weighted by Gasteiger charge is 2.49. The first-order valence-electron chi connectivity index (χ1n) is 16.5. The Bertz CT molecular complexity index is 1090. The molecule has 1 fully saturated rings. The molecular formula is C40H62. The summed E-state index contributed by atoms with van der Waals surface area (Å²) >= 11 is 0. The number of rotatable bonds is 19. The molecule has 222 valence electrons. The van der Waals surface area contributed by atoms with Crippen LogP contribution in [0.4, 0.5) is 0 Å². The van der Waals surface area contributed by atoms with Gasteiger partial charge in [0.15, 0.2) is 0 Å². The number of allylic oxidation sites excluding steroid dienone is 7. The second-order valence-corrected chi connectivity index (χ2v) is 13.3.